The Balaban J connectivity index is 1.79. The Morgan fingerprint density at radius 1 is 0.818 bits per heavy atom. The summed E-state index contributed by atoms with van der Waals surface area (Å²) in [5, 5.41) is 0. The van der Waals surface area contributed by atoms with Crippen LogP contribution in [0.5, 0.6) is 0 Å². The van der Waals surface area contributed by atoms with Gasteiger partial charge in [-0.25, -0.2) is 9.59 Å². The number of esters is 5. The highest BCUT2D eigenvalue weighted by Crippen LogP contribution is 2.38. The predicted octanol–water partition coefficient (Wildman–Crippen LogP) is -0.459. The summed E-state index contributed by atoms with van der Waals surface area (Å²) in [6.07, 6.45) is -16.5. The van der Waals surface area contributed by atoms with Crippen LogP contribution in [0, 0.1) is 5.41 Å². The number of carbonyl (C=O) groups is 6. The van der Waals surface area contributed by atoms with E-state index < -0.39 is 114 Å². The maximum absolute atomic E-state index is 13.6. The maximum Gasteiger partial charge on any atom is 0.339 e. The number of ether oxygens (including phenoxy) is 9. The van der Waals surface area contributed by atoms with Gasteiger partial charge in [0, 0.05) is 40.1 Å². The molecule has 0 spiro atoms. The van der Waals surface area contributed by atoms with E-state index in [4.69, 9.17) is 48.4 Å². The molecule has 0 bridgehead atoms. The second-order valence-electron chi connectivity index (χ2n) is 13.5. The first-order valence-electron chi connectivity index (χ1n) is 16.9. The second kappa shape index (κ2) is 17.8. The number of aromatic amines is 1. The maximum atomic E-state index is 13.6. The summed E-state index contributed by atoms with van der Waals surface area (Å²) in [5.74, 6) is -6.09. The van der Waals surface area contributed by atoms with E-state index in [1.165, 1.54) is 7.11 Å². The van der Waals surface area contributed by atoms with Gasteiger partial charge < -0.3 is 48.4 Å². The lowest BCUT2D eigenvalue weighted by Crippen LogP contribution is -2.65. The number of carbonyl (C=O) groups excluding carboxylic acids is 6. The lowest BCUT2D eigenvalue weighted by Gasteiger charge is -2.44. The van der Waals surface area contributed by atoms with Crippen LogP contribution in [-0.2, 0) is 78.0 Å². The van der Waals surface area contributed by atoms with Crippen LogP contribution in [0.25, 0.3) is 0 Å². The summed E-state index contributed by atoms with van der Waals surface area (Å²) in [7, 11) is 1.17. The standard InChI is InChI=1S/C35H43N3O17/c1-16(39)49-23-24(50-17(2)40)28(51-18(3)41)32(54-27(23)31(44)48-15-19-11-9-8-10-12-19)53-25(29(36)43)22-21(47-7)26(55-33(45)35(4,5)6)30(52-22)38-14-13-20(42)37-34(38)46/h8-14,21-28,30,32H,15H2,1-7H3,(H2,36,43)(H,37,42,46)/t21-,22+,23+,24+,25-,26-,27+,28+,30-,32+/m1/s1. The number of hydrogen-bond donors (Lipinski definition) is 2. The first-order valence-corrected chi connectivity index (χ1v) is 16.9. The monoisotopic (exact) mass is 777 g/mol. The Kier molecular flexibility index (Phi) is 13.7. The lowest BCUT2D eigenvalue weighted by atomic mass is 9.96. The number of methoxy groups -OCH3 is 1. The molecule has 2 aliphatic rings. The Bertz CT molecular complexity index is 1850. The SMILES string of the molecule is CO[C@H]1[C@@H](OC(=O)C(C)(C)C)[C@H](n2ccc(=O)[nH]c2=O)O[C@@H]1[C@@H](O[C@H]1O[C@H](C(=O)OCc2ccccc2)[C@@H](OC(C)=O)[C@H](OC(C)=O)[C@@H]1OC(C)=O)C(N)=O. The Labute approximate surface area is 313 Å². The van der Waals surface area contributed by atoms with Crippen molar-refractivity contribution in [3.05, 3.63) is 69.0 Å². The molecule has 1 amide bonds. The molecule has 2 saturated heterocycles. The molecule has 3 heterocycles. The van der Waals surface area contributed by atoms with Gasteiger partial charge in [0.2, 0.25) is 12.2 Å². The van der Waals surface area contributed by atoms with Gasteiger partial charge in [0.15, 0.2) is 42.9 Å². The molecular formula is C35H43N3O17. The highest BCUT2D eigenvalue weighted by Gasteiger charge is 2.59. The number of primary amides is 1. The molecular weight excluding hydrogens is 734 g/mol. The summed E-state index contributed by atoms with van der Waals surface area (Å²) in [6, 6.07) is 9.45. The van der Waals surface area contributed by atoms with E-state index in [-0.39, 0.29) is 6.61 Å². The van der Waals surface area contributed by atoms with Crippen LogP contribution in [0.2, 0.25) is 0 Å². The molecule has 55 heavy (non-hydrogen) atoms. The zero-order valence-electron chi connectivity index (χ0n) is 31.0. The molecule has 2 aromatic rings. The van der Waals surface area contributed by atoms with Crippen LogP contribution in [0.1, 0.15) is 53.3 Å². The normalized spacial score (nSPS) is 26.9. The van der Waals surface area contributed by atoms with Gasteiger partial charge in [-0.05, 0) is 26.3 Å². The molecule has 300 valence electrons. The van der Waals surface area contributed by atoms with E-state index in [9.17, 15) is 38.4 Å². The fourth-order valence-electron chi connectivity index (χ4n) is 5.79. The van der Waals surface area contributed by atoms with Crippen molar-refractivity contribution in [2.75, 3.05) is 7.11 Å². The van der Waals surface area contributed by atoms with E-state index in [0.717, 1.165) is 37.6 Å². The van der Waals surface area contributed by atoms with Crippen LogP contribution in [0.3, 0.4) is 0 Å². The molecule has 0 aliphatic carbocycles. The van der Waals surface area contributed by atoms with Crippen LogP contribution in [0.15, 0.2) is 52.2 Å². The summed E-state index contributed by atoms with van der Waals surface area (Å²) in [5.41, 5.74) is 3.57. The minimum Gasteiger partial charge on any atom is -0.459 e. The molecule has 4 rings (SSSR count). The van der Waals surface area contributed by atoms with E-state index in [0.29, 0.717) is 5.56 Å². The first-order chi connectivity index (χ1) is 25.8. The number of nitrogens with two attached hydrogens (primary N) is 1. The van der Waals surface area contributed by atoms with E-state index in [2.05, 4.69) is 4.98 Å². The van der Waals surface area contributed by atoms with Gasteiger partial charge in [0.1, 0.15) is 18.8 Å². The first kappa shape index (κ1) is 42.3. The number of amides is 1. The Hall–Kier alpha value is -5.44. The van der Waals surface area contributed by atoms with Gasteiger partial charge >= 0.3 is 35.5 Å². The van der Waals surface area contributed by atoms with E-state index >= 15 is 0 Å². The van der Waals surface area contributed by atoms with Crippen molar-refractivity contribution in [2.45, 2.75) is 109 Å². The third-order valence-corrected chi connectivity index (χ3v) is 8.20. The zero-order valence-corrected chi connectivity index (χ0v) is 31.0. The number of aromatic nitrogens is 2. The lowest BCUT2D eigenvalue weighted by molar-refractivity contribution is -0.315. The third kappa shape index (κ3) is 10.4. The summed E-state index contributed by atoms with van der Waals surface area (Å²) in [6.45, 7) is 7.36. The van der Waals surface area contributed by atoms with Crippen LogP contribution >= 0.6 is 0 Å². The topological polar surface area (TPSA) is 266 Å². The highest BCUT2D eigenvalue weighted by atomic mass is 16.8. The third-order valence-electron chi connectivity index (χ3n) is 8.20. The molecule has 20 nitrogen and oxygen atoms in total. The minimum atomic E-state index is -2.03. The van der Waals surface area contributed by atoms with Crippen molar-refractivity contribution in [1.29, 1.82) is 0 Å². The summed E-state index contributed by atoms with van der Waals surface area (Å²) < 4.78 is 52.0. The van der Waals surface area contributed by atoms with Gasteiger partial charge in [0.05, 0.1) is 5.41 Å². The molecule has 0 saturated carbocycles. The van der Waals surface area contributed by atoms with Crippen molar-refractivity contribution < 1.29 is 71.4 Å². The van der Waals surface area contributed by atoms with Gasteiger partial charge in [-0.15, -0.1) is 0 Å². The quantitative estimate of drug-likeness (QED) is 0.192. The molecule has 3 N–H and O–H groups in total. The Morgan fingerprint density at radius 2 is 1.42 bits per heavy atom. The van der Waals surface area contributed by atoms with Crippen LogP contribution in [-0.4, -0.2) is 108 Å². The van der Waals surface area contributed by atoms with Gasteiger partial charge in [-0.2, -0.15) is 0 Å². The fourth-order valence-corrected chi connectivity index (χ4v) is 5.79. The van der Waals surface area contributed by atoms with Gasteiger partial charge in [0.25, 0.3) is 5.56 Å². The molecule has 0 unspecified atom stereocenters. The molecule has 1 aromatic heterocycles. The largest absolute Gasteiger partial charge is 0.459 e. The number of nitrogens with zero attached hydrogens (tertiary/aromatic N) is 1. The number of rotatable bonds is 13. The molecule has 2 fully saturated rings. The minimum absolute atomic E-state index is 0.279. The zero-order chi connectivity index (χ0) is 40.8. The van der Waals surface area contributed by atoms with Crippen molar-refractivity contribution in [3.8, 4) is 0 Å². The van der Waals surface area contributed by atoms with Gasteiger partial charge in [-0.3, -0.25) is 38.3 Å². The van der Waals surface area contributed by atoms with Crippen molar-refractivity contribution in [1.82, 2.24) is 9.55 Å². The molecule has 1 aromatic carbocycles. The smallest absolute Gasteiger partial charge is 0.339 e. The van der Waals surface area contributed by atoms with Crippen molar-refractivity contribution >= 4 is 35.8 Å². The summed E-state index contributed by atoms with van der Waals surface area (Å²) in [4.78, 5) is 104. The fraction of sp³-hybridized carbons (Fsp3) is 0.543. The molecule has 20 heteroatoms. The average molecular weight is 778 g/mol. The number of H-pyrrole nitrogens is 1. The predicted molar refractivity (Wildman–Crippen MR) is 181 cm³/mol. The Morgan fingerprint density at radius 3 is 1.96 bits per heavy atom. The van der Waals surface area contributed by atoms with Gasteiger partial charge in [-0.1, -0.05) is 30.3 Å². The van der Waals surface area contributed by atoms with Crippen LogP contribution < -0.4 is 17.0 Å². The molecule has 10 atom stereocenters. The van der Waals surface area contributed by atoms with Crippen molar-refractivity contribution in [3.63, 3.8) is 0 Å². The summed E-state index contributed by atoms with van der Waals surface area (Å²) >= 11 is 0. The number of hydrogen-bond acceptors (Lipinski definition) is 17. The number of benzene rings is 1. The second-order valence-corrected chi connectivity index (χ2v) is 13.5. The number of nitrogens with one attached hydrogen (secondary N) is 1. The van der Waals surface area contributed by atoms with E-state index in [1.54, 1.807) is 51.1 Å². The highest BCUT2D eigenvalue weighted by molar-refractivity contribution is 5.80. The van der Waals surface area contributed by atoms with Crippen molar-refractivity contribution in [2.24, 2.45) is 11.1 Å². The molecule has 2 aliphatic heterocycles. The van der Waals surface area contributed by atoms with E-state index in [1.807, 2.05) is 0 Å². The average Bonchev–Trinajstić information content (AvgIpc) is 3.44. The molecule has 0 radical (unpaired) electrons. The van der Waals surface area contributed by atoms with Crippen LogP contribution in [0.4, 0.5) is 0 Å².